The molecule has 6 nitrogen and oxygen atoms in total. The molecule has 1 amide bonds. The molecule has 0 aliphatic carbocycles. The SMILES string of the molecule is CSCc1noc(CN2CCC(=O)NCC2C)n1. The van der Waals surface area contributed by atoms with Gasteiger partial charge in [-0.3, -0.25) is 9.69 Å². The van der Waals surface area contributed by atoms with Crippen LogP contribution in [0, 0.1) is 0 Å². The molecular weight excluding hydrogens is 252 g/mol. The predicted octanol–water partition coefficient (Wildman–Crippen LogP) is 0.643. The predicted molar refractivity (Wildman–Crippen MR) is 69.0 cm³/mol. The summed E-state index contributed by atoms with van der Waals surface area (Å²) in [7, 11) is 0. The van der Waals surface area contributed by atoms with Crippen LogP contribution in [0.25, 0.3) is 0 Å². The fourth-order valence-corrected chi connectivity index (χ4v) is 2.27. The normalized spacial score (nSPS) is 21.7. The van der Waals surface area contributed by atoms with Gasteiger partial charge in [-0.1, -0.05) is 5.16 Å². The Morgan fingerprint density at radius 1 is 1.61 bits per heavy atom. The van der Waals surface area contributed by atoms with Gasteiger partial charge in [-0.2, -0.15) is 16.7 Å². The highest BCUT2D eigenvalue weighted by molar-refractivity contribution is 7.97. The summed E-state index contributed by atoms with van der Waals surface area (Å²) in [5.41, 5.74) is 0. The van der Waals surface area contributed by atoms with E-state index in [0.717, 1.165) is 18.1 Å². The van der Waals surface area contributed by atoms with Gasteiger partial charge in [0.1, 0.15) is 0 Å². The van der Waals surface area contributed by atoms with Crippen molar-refractivity contribution in [1.82, 2.24) is 20.4 Å². The molecule has 2 heterocycles. The second-order valence-corrected chi connectivity index (χ2v) is 5.28. The maximum Gasteiger partial charge on any atom is 0.240 e. The zero-order valence-electron chi connectivity index (χ0n) is 10.7. The van der Waals surface area contributed by atoms with Crippen LogP contribution in [0.3, 0.4) is 0 Å². The molecule has 0 radical (unpaired) electrons. The summed E-state index contributed by atoms with van der Waals surface area (Å²) in [4.78, 5) is 17.8. The van der Waals surface area contributed by atoms with E-state index in [-0.39, 0.29) is 11.9 Å². The molecule has 1 N–H and O–H groups in total. The van der Waals surface area contributed by atoms with Crippen molar-refractivity contribution in [3.05, 3.63) is 11.7 Å². The van der Waals surface area contributed by atoms with Gasteiger partial charge in [0.25, 0.3) is 0 Å². The maximum atomic E-state index is 11.3. The first-order chi connectivity index (χ1) is 8.69. The molecule has 1 aliphatic heterocycles. The minimum Gasteiger partial charge on any atom is -0.355 e. The second-order valence-electron chi connectivity index (χ2n) is 4.41. The molecule has 1 aromatic rings. The highest BCUT2D eigenvalue weighted by Crippen LogP contribution is 2.11. The van der Waals surface area contributed by atoms with Gasteiger partial charge >= 0.3 is 0 Å². The molecular formula is C11H18N4O2S. The first-order valence-electron chi connectivity index (χ1n) is 6.00. The number of aromatic nitrogens is 2. The van der Waals surface area contributed by atoms with Crippen LogP contribution >= 0.6 is 11.8 Å². The molecule has 0 spiro atoms. The number of thioether (sulfide) groups is 1. The van der Waals surface area contributed by atoms with E-state index in [9.17, 15) is 4.79 Å². The molecule has 1 aliphatic rings. The van der Waals surface area contributed by atoms with Crippen molar-refractivity contribution >= 4 is 17.7 Å². The smallest absolute Gasteiger partial charge is 0.240 e. The molecule has 7 heteroatoms. The number of nitrogens with one attached hydrogen (secondary N) is 1. The monoisotopic (exact) mass is 270 g/mol. The number of hydrogen-bond donors (Lipinski definition) is 1. The standard InChI is InChI=1S/C11H18N4O2S/c1-8-5-12-10(16)3-4-15(8)6-11-13-9(7-18-2)14-17-11/h8H,3-7H2,1-2H3,(H,12,16). The van der Waals surface area contributed by atoms with Crippen molar-refractivity contribution in [2.24, 2.45) is 0 Å². The average molecular weight is 270 g/mol. The molecule has 100 valence electrons. The second kappa shape index (κ2) is 6.19. The zero-order chi connectivity index (χ0) is 13.0. The van der Waals surface area contributed by atoms with E-state index < -0.39 is 0 Å². The van der Waals surface area contributed by atoms with E-state index in [1.165, 1.54) is 0 Å². The third-order valence-electron chi connectivity index (χ3n) is 2.97. The highest BCUT2D eigenvalue weighted by atomic mass is 32.2. The molecule has 1 saturated heterocycles. The van der Waals surface area contributed by atoms with E-state index in [0.29, 0.717) is 25.4 Å². The summed E-state index contributed by atoms with van der Waals surface area (Å²) in [5.74, 6) is 2.23. The molecule has 1 unspecified atom stereocenters. The first-order valence-corrected chi connectivity index (χ1v) is 7.39. The van der Waals surface area contributed by atoms with Crippen LogP contribution in [0.2, 0.25) is 0 Å². The Morgan fingerprint density at radius 2 is 2.44 bits per heavy atom. The van der Waals surface area contributed by atoms with Crippen LogP contribution < -0.4 is 5.32 Å². The van der Waals surface area contributed by atoms with Crippen molar-refractivity contribution in [3.63, 3.8) is 0 Å². The van der Waals surface area contributed by atoms with Gasteiger partial charge in [-0.05, 0) is 13.2 Å². The van der Waals surface area contributed by atoms with Gasteiger partial charge in [0.05, 0.1) is 12.3 Å². The summed E-state index contributed by atoms with van der Waals surface area (Å²) < 4.78 is 5.21. The fourth-order valence-electron chi connectivity index (χ4n) is 1.90. The quantitative estimate of drug-likeness (QED) is 0.866. The van der Waals surface area contributed by atoms with E-state index in [4.69, 9.17) is 4.52 Å². The van der Waals surface area contributed by atoms with Gasteiger partial charge < -0.3 is 9.84 Å². The Bertz CT molecular complexity index is 410. The lowest BCUT2D eigenvalue weighted by Crippen LogP contribution is -2.37. The minimum atomic E-state index is 0.109. The number of amides is 1. The van der Waals surface area contributed by atoms with E-state index in [1.807, 2.05) is 6.26 Å². The summed E-state index contributed by atoms with van der Waals surface area (Å²) >= 11 is 1.67. The number of nitrogens with zero attached hydrogens (tertiary/aromatic N) is 3. The first kappa shape index (κ1) is 13.4. The van der Waals surface area contributed by atoms with Crippen LogP contribution in [-0.4, -0.2) is 46.3 Å². The number of hydrogen-bond acceptors (Lipinski definition) is 6. The third kappa shape index (κ3) is 3.46. The van der Waals surface area contributed by atoms with E-state index >= 15 is 0 Å². The van der Waals surface area contributed by atoms with Gasteiger partial charge in [-0.15, -0.1) is 0 Å². The van der Waals surface area contributed by atoms with Gasteiger partial charge in [-0.25, -0.2) is 0 Å². The van der Waals surface area contributed by atoms with Crippen LogP contribution in [-0.2, 0) is 17.1 Å². The maximum absolute atomic E-state index is 11.3. The van der Waals surface area contributed by atoms with Crippen LogP contribution in [0.1, 0.15) is 25.1 Å². The van der Waals surface area contributed by atoms with Crippen LogP contribution in [0.5, 0.6) is 0 Å². The molecule has 1 aromatic heterocycles. The van der Waals surface area contributed by atoms with Crippen molar-refractivity contribution in [1.29, 1.82) is 0 Å². The fraction of sp³-hybridized carbons (Fsp3) is 0.727. The van der Waals surface area contributed by atoms with Crippen molar-refractivity contribution in [2.75, 3.05) is 19.3 Å². The third-order valence-corrected chi connectivity index (χ3v) is 3.51. The molecule has 1 fully saturated rings. The highest BCUT2D eigenvalue weighted by Gasteiger charge is 2.22. The minimum absolute atomic E-state index is 0.109. The van der Waals surface area contributed by atoms with E-state index in [1.54, 1.807) is 11.8 Å². The lowest BCUT2D eigenvalue weighted by Gasteiger charge is -2.24. The topological polar surface area (TPSA) is 71.3 Å². The van der Waals surface area contributed by atoms with Crippen molar-refractivity contribution < 1.29 is 9.32 Å². The Balaban J connectivity index is 1.96. The lowest BCUT2D eigenvalue weighted by atomic mass is 10.3. The molecule has 18 heavy (non-hydrogen) atoms. The molecule has 1 atom stereocenters. The van der Waals surface area contributed by atoms with Crippen LogP contribution in [0.15, 0.2) is 4.52 Å². The number of carbonyl (C=O) groups excluding carboxylic acids is 1. The molecule has 0 bridgehead atoms. The van der Waals surface area contributed by atoms with Gasteiger partial charge in [0.2, 0.25) is 11.8 Å². The summed E-state index contributed by atoms with van der Waals surface area (Å²) in [6.07, 6.45) is 2.53. The van der Waals surface area contributed by atoms with Crippen molar-refractivity contribution in [3.8, 4) is 0 Å². The summed E-state index contributed by atoms with van der Waals surface area (Å²) in [5, 5.41) is 6.80. The molecule has 0 aromatic carbocycles. The number of rotatable bonds is 4. The Labute approximate surface area is 110 Å². The Kier molecular flexibility index (Phi) is 4.60. The van der Waals surface area contributed by atoms with Crippen molar-refractivity contribution in [2.45, 2.75) is 31.7 Å². The van der Waals surface area contributed by atoms with Gasteiger partial charge in [0.15, 0.2) is 5.82 Å². The molecule has 2 rings (SSSR count). The summed E-state index contributed by atoms with van der Waals surface area (Å²) in [6, 6.07) is 0.285. The van der Waals surface area contributed by atoms with E-state index in [2.05, 4.69) is 27.3 Å². The number of carbonyl (C=O) groups is 1. The molecule has 0 saturated carbocycles. The van der Waals surface area contributed by atoms with Crippen LogP contribution in [0.4, 0.5) is 0 Å². The largest absolute Gasteiger partial charge is 0.355 e. The Hall–Kier alpha value is -1.08. The zero-order valence-corrected chi connectivity index (χ0v) is 11.5. The summed E-state index contributed by atoms with van der Waals surface area (Å²) in [6.45, 7) is 4.10. The average Bonchev–Trinajstić information content (AvgIpc) is 2.72. The lowest BCUT2D eigenvalue weighted by molar-refractivity contribution is -0.120. The van der Waals surface area contributed by atoms with Gasteiger partial charge in [0, 0.05) is 25.6 Å². The Morgan fingerprint density at radius 3 is 3.22 bits per heavy atom.